The third kappa shape index (κ3) is 3.43. The van der Waals surface area contributed by atoms with Crippen LogP contribution in [-0.2, 0) is 9.59 Å². The monoisotopic (exact) mass is 395 g/mol. The maximum atomic E-state index is 13.2. The van der Waals surface area contributed by atoms with E-state index in [2.05, 4.69) is 0 Å². The molecule has 7 heteroatoms. The van der Waals surface area contributed by atoms with Crippen LogP contribution < -0.4 is 4.90 Å². The highest BCUT2D eigenvalue weighted by molar-refractivity contribution is 7.12. The molecule has 3 amide bonds. The SMILES string of the molecule is CCC(C)(C)N(C(=O)c1cccs1)C1CC(=O)N(c2ccc(C#N)cc2)C1=O. The maximum absolute atomic E-state index is 13.2. The van der Waals surface area contributed by atoms with E-state index in [0.717, 1.165) is 4.90 Å². The number of benzene rings is 1. The van der Waals surface area contributed by atoms with Gasteiger partial charge in [0, 0.05) is 5.54 Å². The van der Waals surface area contributed by atoms with Crippen molar-refractivity contribution in [1.29, 1.82) is 5.26 Å². The number of thiophene rings is 1. The third-order valence-electron chi connectivity index (χ3n) is 5.16. The molecule has 0 radical (unpaired) electrons. The largest absolute Gasteiger partial charge is 0.320 e. The number of imide groups is 1. The summed E-state index contributed by atoms with van der Waals surface area (Å²) in [5.41, 5.74) is 0.262. The fourth-order valence-electron chi connectivity index (χ4n) is 3.30. The number of amides is 3. The van der Waals surface area contributed by atoms with Gasteiger partial charge in [0.05, 0.1) is 28.6 Å². The zero-order valence-corrected chi connectivity index (χ0v) is 16.8. The molecular weight excluding hydrogens is 374 g/mol. The van der Waals surface area contributed by atoms with Gasteiger partial charge in [0.15, 0.2) is 0 Å². The molecule has 144 valence electrons. The van der Waals surface area contributed by atoms with Crippen molar-refractivity contribution in [3.8, 4) is 6.07 Å². The Labute approximate surface area is 168 Å². The van der Waals surface area contributed by atoms with Crippen molar-refractivity contribution in [1.82, 2.24) is 4.90 Å². The molecule has 0 spiro atoms. The average Bonchev–Trinajstić information content (AvgIpc) is 3.31. The van der Waals surface area contributed by atoms with Crippen molar-refractivity contribution in [3.63, 3.8) is 0 Å². The Bertz CT molecular complexity index is 942. The van der Waals surface area contributed by atoms with E-state index >= 15 is 0 Å². The van der Waals surface area contributed by atoms with Gasteiger partial charge < -0.3 is 4.90 Å². The van der Waals surface area contributed by atoms with Gasteiger partial charge in [-0.3, -0.25) is 14.4 Å². The molecule has 1 fully saturated rings. The number of carbonyl (C=O) groups is 3. The minimum Gasteiger partial charge on any atom is -0.320 e. The van der Waals surface area contributed by atoms with E-state index in [1.54, 1.807) is 41.3 Å². The Balaban J connectivity index is 1.97. The molecule has 1 aliphatic heterocycles. The van der Waals surface area contributed by atoms with Crippen LogP contribution in [0.5, 0.6) is 0 Å². The molecule has 1 aromatic carbocycles. The van der Waals surface area contributed by atoms with Crippen LogP contribution in [0.4, 0.5) is 5.69 Å². The second-order valence-electron chi connectivity index (χ2n) is 7.26. The molecule has 2 aromatic rings. The number of hydrogen-bond acceptors (Lipinski definition) is 5. The molecule has 28 heavy (non-hydrogen) atoms. The summed E-state index contributed by atoms with van der Waals surface area (Å²) in [7, 11) is 0. The molecule has 1 saturated heterocycles. The zero-order valence-electron chi connectivity index (χ0n) is 16.0. The second-order valence-corrected chi connectivity index (χ2v) is 8.21. The van der Waals surface area contributed by atoms with Gasteiger partial charge >= 0.3 is 0 Å². The highest BCUT2D eigenvalue weighted by Crippen LogP contribution is 2.33. The molecule has 1 aromatic heterocycles. The van der Waals surface area contributed by atoms with Gasteiger partial charge in [-0.25, -0.2) is 4.90 Å². The Morgan fingerprint density at radius 1 is 1.29 bits per heavy atom. The number of nitriles is 1. The van der Waals surface area contributed by atoms with Gasteiger partial charge in [0.25, 0.3) is 11.8 Å². The molecule has 0 saturated carbocycles. The normalized spacial score (nSPS) is 16.9. The summed E-state index contributed by atoms with van der Waals surface area (Å²) < 4.78 is 0. The lowest BCUT2D eigenvalue weighted by atomic mass is 9.95. The highest BCUT2D eigenvalue weighted by Gasteiger charge is 2.48. The summed E-state index contributed by atoms with van der Waals surface area (Å²) in [4.78, 5) is 42.3. The first kappa shape index (κ1) is 19.8. The Hall–Kier alpha value is -2.98. The van der Waals surface area contributed by atoms with Gasteiger partial charge in [0.2, 0.25) is 5.91 Å². The minimum absolute atomic E-state index is 0.0562. The van der Waals surface area contributed by atoms with Crippen LogP contribution >= 0.6 is 11.3 Å². The fraction of sp³-hybridized carbons (Fsp3) is 0.333. The topological polar surface area (TPSA) is 81.5 Å². The van der Waals surface area contributed by atoms with Crippen molar-refractivity contribution >= 4 is 34.7 Å². The average molecular weight is 395 g/mol. The van der Waals surface area contributed by atoms with E-state index in [1.807, 2.05) is 32.2 Å². The van der Waals surface area contributed by atoms with E-state index < -0.39 is 17.5 Å². The predicted octanol–water partition coefficient (Wildman–Crippen LogP) is 3.58. The van der Waals surface area contributed by atoms with Crippen LogP contribution in [0.25, 0.3) is 0 Å². The molecule has 2 heterocycles. The molecule has 3 rings (SSSR count). The van der Waals surface area contributed by atoms with Crippen LogP contribution in [-0.4, -0.2) is 34.2 Å². The van der Waals surface area contributed by atoms with Crippen LogP contribution in [0.3, 0.4) is 0 Å². The van der Waals surface area contributed by atoms with E-state index in [9.17, 15) is 14.4 Å². The van der Waals surface area contributed by atoms with Crippen molar-refractivity contribution < 1.29 is 14.4 Å². The first-order chi connectivity index (χ1) is 13.3. The minimum atomic E-state index is -0.854. The Morgan fingerprint density at radius 2 is 1.96 bits per heavy atom. The van der Waals surface area contributed by atoms with Crippen LogP contribution in [0, 0.1) is 11.3 Å². The van der Waals surface area contributed by atoms with Gasteiger partial charge in [-0.05, 0) is 56.0 Å². The number of anilines is 1. The van der Waals surface area contributed by atoms with E-state index in [4.69, 9.17) is 5.26 Å². The molecule has 0 N–H and O–H groups in total. The van der Waals surface area contributed by atoms with Crippen molar-refractivity contribution in [2.24, 2.45) is 0 Å². The van der Waals surface area contributed by atoms with E-state index in [-0.39, 0.29) is 18.2 Å². The molecule has 0 bridgehead atoms. The molecule has 0 aliphatic carbocycles. The standard InChI is InChI=1S/C21H21N3O3S/c1-4-21(2,3)24(20(27)17-6-5-11-28-17)16-12-18(25)23(19(16)26)15-9-7-14(13-22)8-10-15/h5-11,16H,4,12H2,1-3H3. The Kier molecular flexibility index (Phi) is 5.34. The van der Waals surface area contributed by atoms with Crippen LogP contribution in [0.1, 0.15) is 48.8 Å². The summed E-state index contributed by atoms with van der Waals surface area (Å²) in [5.74, 6) is -1.01. The summed E-state index contributed by atoms with van der Waals surface area (Å²) in [6.45, 7) is 5.76. The molecule has 1 aliphatic rings. The molecular formula is C21H21N3O3S. The number of hydrogen-bond donors (Lipinski definition) is 0. The summed E-state index contributed by atoms with van der Waals surface area (Å²) >= 11 is 1.32. The third-order valence-corrected chi connectivity index (χ3v) is 6.02. The van der Waals surface area contributed by atoms with Crippen molar-refractivity contribution in [2.45, 2.75) is 45.2 Å². The van der Waals surface area contributed by atoms with Gasteiger partial charge in [-0.2, -0.15) is 5.26 Å². The maximum Gasteiger partial charge on any atom is 0.265 e. The molecule has 1 unspecified atom stereocenters. The van der Waals surface area contributed by atoms with Gasteiger partial charge in [0.1, 0.15) is 6.04 Å². The number of carbonyl (C=O) groups excluding carboxylic acids is 3. The van der Waals surface area contributed by atoms with Gasteiger partial charge in [-0.1, -0.05) is 13.0 Å². The summed E-state index contributed by atoms with van der Waals surface area (Å²) in [6.07, 6.45) is 0.582. The Morgan fingerprint density at radius 3 is 2.50 bits per heavy atom. The van der Waals surface area contributed by atoms with Crippen molar-refractivity contribution in [2.75, 3.05) is 4.90 Å². The zero-order chi connectivity index (χ0) is 20.5. The van der Waals surface area contributed by atoms with E-state index in [0.29, 0.717) is 22.5 Å². The van der Waals surface area contributed by atoms with E-state index in [1.165, 1.54) is 11.3 Å². The number of rotatable bonds is 5. The molecule has 1 atom stereocenters. The van der Waals surface area contributed by atoms with Gasteiger partial charge in [-0.15, -0.1) is 11.3 Å². The second kappa shape index (κ2) is 7.56. The first-order valence-corrected chi connectivity index (χ1v) is 9.92. The number of nitrogens with zero attached hydrogens (tertiary/aromatic N) is 3. The smallest absolute Gasteiger partial charge is 0.265 e. The molecule has 6 nitrogen and oxygen atoms in total. The fourth-order valence-corrected chi connectivity index (χ4v) is 3.96. The van der Waals surface area contributed by atoms with Crippen LogP contribution in [0.2, 0.25) is 0 Å². The van der Waals surface area contributed by atoms with Crippen molar-refractivity contribution in [3.05, 3.63) is 52.2 Å². The quantitative estimate of drug-likeness (QED) is 0.725. The lowest BCUT2D eigenvalue weighted by molar-refractivity contribution is -0.123. The summed E-state index contributed by atoms with van der Waals surface area (Å²) in [5, 5.41) is 10.8. The summed E-state index contributed by atoms with van der Waals surface area (Å²) in [6, 6.07) is 11.0. The predicted molar refractivity (Wildman–Crippen MR) is 107 cm³/mol. The highest BCUT2D eigenvalue weighted by atomic mass is 32.1. The lowest BCUT2D eigenvalue weighted by Crippen LogP contribution is -2.55. The lowest BCUT2D eigenvalue weighted by Gasteiger charge is -2.41. The van der Waals surface area contributed by atoms with Crippen LogP contribution in [0.15, 0.2) is 41.8 Å². The first-order valence-electron chi connectivity index (χ1n) is 9.04.